The first-order chi connectivity index (χ1) is 51.8. The zero-order chi connectivity index (χ0) is 78.4. The Hall–Kier alpha value is -9.13. The molecule has 2 saturated heterocycles. The minimum atomic E-state index is -5.74. The van der Waals surface area contributed by atoms with E-state index in [1.807, 2.05) is 102 Å². The lowest BCUT2D eigenvalue weighted by atomic mass is 9.98. The summed E-state index contributed by atoms with van der Waals surface area (Å²) in [6, 6.07) is 56.6. The van der Waals surface area contributed by atoms with Crippen LogP contribution in [0.2, 0.25) is 0 Å². The molecule has 4 atom stereocenters. The highest BCUT2D eigenvalue weighted by molar-refractivity contribution is 8.04. The molecule has 14 rings (SSSR count). The highest BCUT2D eigenvalue weighted by atomic mass is 32.2. The minimum absolute atomic E-state index is 0.158. The summed E-state index contributed by atoms with van der Waals surface area (Å²) in [5.41, 5.74) is 2.55. The first kappa shape index (κ1) is 80.9. The lowest BCUT2D eigenvalue weighted by Crippen LogP contribution is -2.24. The second-order valence-electron chi connectivity index (χ2n) is 26.2. The number of ether oxygens (including phenoxy) is 6. The molecule has 28 heteroatoms. The molecule has 572 valence electrons. The third kappa shape index (κ3) is 18.7. The maximum absolute atomic E-state index is 13.8. The quantitative estimate of drug-likeness (QED) is 0.0259. The normalized spacial score (nSPS) is 15.9. The average molecular weight is 1600 g/mol. The summed E-state index contributed by atoms with van der Waals surface area (Å²) in [4.78, 5) is 15.3. The van der Waals surface area contributed by atoms with Crippen molar-refractivity contribution in [1.29, 1.82) is 0 Å². The van der Waals surface area contributed by atoms with Crippen LogP contribution in [0.3, 0.4) is 0 Å². The van der Waals surface area contributed by atoms with Gasteiger partial charge < -0.3 is 37.5 Å². The fourth-order valence-corrected chi connectivity index (χ4v) is 19.3. The average Bonchev–Trinajstić information content (AvgIpc) is 1.65. The Labute approximate surface area is 632 Å². The second-order valence-corrected chi connectivity index (χ2v) is 33.8. The number of carbonyl (C=O) groups excluding carboxylic acids is 1. The molecule has 0 bridgehead atoms. The minimum Gasteiger partial charge on any atom is -0.744 e. The molecule has 0 spiro atoms. The molecule has 0 amide bonds. The van der Waals surface area contributed by atoms with Crippen molar-refractivity contribution in [1.82, 2.24) is 0 Å². The van der Waals surface area contributed by atoms with Gasteiger partial charge in [-0.25, -0.2) is 48.0 Å². The van der Waals surface area contributed by atoms with E-state index >= 15 is 0 Å². The van der Waals surface area contributed by atoms with Crippen LogP contribution in [-0.2, 0) is 58.6 Å². The van der Waals surface area contributed by atoms with E-state index in [1.54, 1.807) is 48.5 Å². The van der Waals surface area contributed by atoms with Gasteiger partial charge in [0.05, 0.1) is 27.2 Å². The molecule has 4 unspecified atom stereocenters. The highest BCUT2D eigenvalue weighted by Crippen LogP contribution is 2.51. The molecule has 3 aliphatic rings. The van der Waals surface area contributed by atoms with Crippen LogP contribution in [0, 0.1) is 58.2 Å². The molecule has 11 aromatic rings. The molecule has 0 radical (unpaired) electrons. The number of cyclic esters (lactones) is 1. The lowest BCUT2D eigenvalue weighted by molar-refractivity contribution is -0.150. The summed E-state index contributed by atoms with van der Waals surface area (Å²) in [6.45, 7) is 11.8. The molecule has 0 saturated carbocycles. The topological polar surface area (TPSA) is 187 Å². The van der Waals surface area contributed by atoms with Gasteiger partial charge in [-0.1, -0.05) is 112 Å². The molecule has 109 heavy (non-hydrogen) atoms. The van der Waals surface area contributed by atoms with E-state index < -0.39 is 123 Å². The highest BCUT2D eigenvalue weighted by Gasteiger charge is 2.43. The number of fused-ring (bicyclic) bond motifs is 5. The summed E-state index contributed by atoms with van der Waals surface area (Å²) < 4.78 is 237. The first-order valence-corrected chi connectivity index (χ1v) is 40.3. The molecule has 3 aliphatic heterocycles. The molecule has 13 nitrogen and oxygen atoms in total. The number of esters is 1. The Morgan fingerprint density at radius 1 is 0.523 bits per heavy atom. The van der Waals surface area contributed by atoms with E-state index in [0.29, 0.717) is 35.1 Å². The van der Waals surface area contributed by atoms with Gasteiger partial charge in [0.1, 0.15) is 82.9 Å². The van der Waals surface area contributed by atoms with Crippen molar-refractivity contribution in [2.45, 2.75) is 157 Å². The fraction of sp³-hybridized carbons (Fsp3) is 0.247. The molecule has 10 aromatic carbocycles. The summed E-state index contributed by atoms with van der Waals surface area (Å²) in [7, 11) is -12.0. The Morgan fingerprint density at radius 3 is 1.32 bits per heavy atom. The predicted octanol–water partition coefficient (Wildman–Crippen LogP) is 21.1. The molecule has 2 fully saturated rings. The van der Waals surface area contributed by atoms with Gasteiger partial charge >= 0.3 is 5.97 Å². The van der Waals surface area contributed by atoms with E-state index in [9.17, 15) is 74.6 Å². The molecular formula is C81H70F10O13S5. The van der Waals surface area contributed by atoms with Crippen LogP contribution < -0.4 is 18.9 Å². The maximum Gasteiger partial charge on any atom is 0.348 e. The van der Waals surface area contributed by atoms with Crippen molar-refractivity contribution in [3.63, 3.8) is 0 Å². The summed E-state index contributed by atoms with van der Waals surface area (Å²) in [6.07, 6.45) is 4.79. The number of benzene rings is 10. The molecule has 0 N–H and O–H groups in total. The van der Waals surface area contributed by atoms with Crippen molar-refractivity contribution in [3.05, 3.63) is 262 Å². The Balaban J connectivity index is 0.000000145. The lowest BCUT2D eigenvalue weighted by Gasteiger charge is -2.23. The zero-order valence-electron chi connectivity index (χ0n) is 59.1. The van der Waals surface area contributed by atoms with Crippen LogP contribution in [0.5, 0.6) is 23.0 Å². The monoisotopic (exact) mass is 1600 g/mol. The van der Waals surface area contributed by atoms with Gasteiger partial charge in [0.15, 0.2) is 76.1 Å². The van der Waals surface area contributed by atoms with Crippen LogP contribution in [-0.4, -0.2) is 56.5 Å². The van der Waals surface area contributed by atoms with Crippen LogP contribution in [0.15, 0.2) is 216 Å². The van der Waals surface area contributed by atoms with Crippen LogP contribution in [0.25, 0.3) is 25.1 Å². The van der Waals surface area contributed by atoms with Crippen LogP contribution in [0.1, 0.15) is 114 Å². The van der Waals surface area contributed by atoms with Gasteiger partial charge in [0.25, 0.3) is 0 Å². The van der Waals surface area contributed by atoms with Crippen LogP contribution in [0.4, 0.5) is 43.9 Å². The van der Waals surface area contributed by atoms with Crippen LogP contribution >= 0.6 is 22.2 Å². The largest absolute Gasteiger partial charge is 0.744 e. The Morgan fingerprint density at radius 2 is 0.936 bits per heavy atom. The Bertz CT molecular complexity index is 5060. The summed E-state index contributed by atoms with van der Waals surface area (Å²) in [5.74, 6) is -19.3. The van der Waals surface area contributed by atoms with Gasteiger partial charge in [0.2, 0.25) is 23.3 Å². The van der Waals surface area contributed by atoms with Gasteiger partial charge in [-0.15, -0.1) is 0 Å². The van der Waals surface area contributed by atoms with E-state index in [1.165, 1.54) is 48.7 Å². The first-order valence-electron chi connectivity index (χ1n) is 34.2. The van der Waals surface area contributed by atoms with Crippen molar-refractivity contribution < 1.29 is 103 Å². The summed E-state index contributed by atoms with van der Waals surface area (Å²) >= 11 is 1.84. The number of thiophene rings is 1. The fourth-order valence-electron chi connectivity index (χ4n) is 12.0. The van der Waals surface area contributed by atoms with Crippen molar-refractivity contribution in [2.24, 2.45) is 0 Å². The third-order valence-electron chi connectivity index (χ3n) is 18.0. The van der Waals surface area contributed by atoms with Gasteiger partial charge in [-0.3, -0.25) is 0 Å². The number of halogens is 10. The standard InChI is InChI=1S/C24H21O3S2.C23H19F2O2S.2C17H16F4O4S/c1-24(2)15-18(23(25)27-24)26-16-11-13-17(14-12-16)29-21-9-5-3-7-19(21)28-20-8-4-6-10-22(20)29;24-15-4-10-21-19(13-15)20-14-16(25)5-11-22(20)28(21)18-8-6-17(7-9-18)27-23-3-1-2-12-26-23;2*1-3-9(2)11-6-4-10(5-7-11)8-25-16-12(18)14(20)17(26(22,23)24)15(21)13(16)19/h3-14,18H,15H2,1-2H3;4-11,13-14,23H,1-3,12H2;2*4-7,9H,3,8H2,1-2H3,(H,22,23,24)/q2*+1;;/p-2. The Kier molecular flexibility index (Phi) is 25.5. The van der Waals surface area contributed by atoms with E-state index in [0.717, 1.165) is 80.7 Å². The molecule has 1 aromatic heterocycles. The van der Waals surface area contributed by atoms with E-state index in [2.05, 4.69) is 60.7 Å². The van der Waals surface area contributed by atoms with E-state index in [-0.39, 0.29) is 34.8 Å². The predicted molar refractivity (Wildman–Crippen MR) is 392 cm³/mol. The molecule has 4 heterocycles. The zero-order valence-corrected chi connectivity index (χ0v) is 63.2. The van der Waals surface area contributed by atoms with Crippen molar-refractivity contribution in [3.8, 4) is 27.9 Å². The number of hydrogen-bond acceptors (Lipinski definition) is 14. The maximum atomic E-state index is 13.8. The van der Waals surface area contributed by atoms with Crippen molar-refractivity contribution >= 4 is 79.5 Å². The number of rotatable bonds is 18. The number of hydrogen-bond donors (Lipinski definition) is 0. The number of carbonyl (C=O) groups is 1. The smallest absolute Gasteiger partial charge is 0.348 e. The second kappa shape index (κ2) is 34.4. The molecular weight excluding hydrogens is 1530 g/mol. The van der Waals surface area contributed by atoms with Gasteiger partial charge in [-0.05, 0) is 159 Å². The van der Waals surface area contributed by atoms with E-state index in [4.69, 9.17) is 28.4 Å². The molecule has 0 aliphatic carbocycles. The van der Waals surface area contributed by atoms with Crippen molar-refractivity contribution in [2.75, 3.05) is 6.61 Å². The van der Waals surface area contributed by atoms with Gasteiger partial charge in [0, 0.05) is 47.6 Å². The summed E-state index contributed by atoms with van der Waals surface area (Å²) in [5, 5.41) is 1.54. The SMILES string of the molecule is CC1(C)CC(Oc2ccc([S+]3c4ccccc4Sc4ccccc43)cc2)C(=O)O1.CCC(C)c1ccc(COc2c(F)c(F)c(S(=O)(=O)[O-])c(F)c2F)cc1.CCC(C)c1ccc(COc2c(F)c(F)c(S(=O)(=O)[O-])c(F)c2F)cc1.Fc1ccc2c(c1)c1cc(F)ccc1[s+]2-c1ccc(OC2CCCCO2)cc1. The third-order valence-corrected chi connectivity index (χ3v) is 25.8. The van der Waals surface area contributed by atoms with Gasteiger partial charge in [-0.2, -0.15) is 17.6 Å².